The summed E-state index contributed by atoms with van der Waals surface area (Å²) >= 11 is 0. The van der Waals surface area contributed by atoms with Crippen molar-refractivity contribution in [3.63, 3.8) is 0 Å². The van der Waals surface area contributed by atoms with Gasteiger partial charge in [-0.3, -0.25) is 4.79 Å². The zero-order chi connectivity index (χ0) is 11.6. The predicted molar refractivity (Wildman–Crippen MR) is 62.4 cm³/mol. The summed E-state index contributed by atoms with van der Waals surface area (Å²) in [6, 6.07) is -0.368. The van der Waals surface area contributed by atoms with Gasteiger partial charge < -0.3 is 11.1 Å². The zero-order valence-electron chi connectivity index (χ0n) is 10.3. The van der Waals surface area contributed by atoms with Crippen LogP contribution in [0.25, 0.3) is 0 Å². The molecule has 0 saturated heterocycles. The van der Waals surface area contributed by atoms with Crippen molar-refractivity contribution in [2.75, 3.05) is 0 Å². The summed E-state index contributed by atoms with van der Waals surface area (Å²) in [7, 11) is 0. The molecule has 0 spiro atoms. The number of nitrogens with two attached hydrogens (primary N) is 1. The number of carbonyl (C=O) groups is 1. The number of nitrogens with one attached hydrogen (secondary N) is 1. The van der Waals surface area contributed by atoms with E-state index in [1.807, 2.05) is 6.92 Å². The molecule has 1 rings (SSSR count). The molecule has 1 aliphatic carbocycles. The van der Waals surface area contributed by atoms with Crippen molar-refractivity contribution in [2.24, 2.45) is 17.6 Å². The van der Waals surface area contributed by atoms with Crippen molar-refractivity contribution in [3.8, 4) is 0 Å². The fraction of sp³-hybridized carbons (Fsp3) is 0.917. The van der Waals surface area contributed by atoms with Crippen LogP contribution in [0, 0.1) is 11.8 Å². The van der Waals surface area contributed by atoms with Crippen LogP contribution in [0.3, 0.4) is 0 Å². The summed E-state index contributed by atoms with van der Waals surface area (Å²) in [6.07, 6.45) is 3.40. The molecule has 1 saturated carbocycles. The fourth-order valence-corrected chi connectivity index (χ4v) is 1.82. The average molecular weight is 212 g/mol. The Hall–Kier alpha value is -0.570. The summed E-state index contributed by atoms with van der Waals surface area (Å²) < 4.78 is 0. The van der Waals surface area contributed by atoms with Gasteiger partial charge in [-0.15, -0.1) is 0 Å². The van der Waals surface area contributed by atoms with Crippen LogP contribution >= 0.6 is 0 Å². The zero-order valence-corrected chi connectivity index (χ0v) is 10.3. The lowest BCUT2D eigenvalue weighted by atomic mass is 9.95. The highest BCUT2D eigenvalue weighted by Gasteiger charge is 2.39. The lowest BCUT2D eigenvalue weighted by Crippen LogP contribution is -2.53. The molecule has 0 aromatic rings. The van der Waals surface area contributed by atoms with Crippen LogP contribution in [0.5, 0.6) is 0 Å². The minimum Gasteiger partial charge on any atom is -0.350 e. The summed E-state index contributed by atoms with van der Waals surface area (Å²) in [4.78, 5) is 11.9. The van der Waals surface area contributed by atoms with Gasteiger partial charge in [0, 0.05) is 5.54 Å². The van der Waals surface area contributed by atoms with Gasteiger partial charge in [-0.05, 0) is 38.5 Å². The fourth-order valence-electron chi connectivity index (χ4n) is 1.82. The summed E-state index contributed by atoms with van der Waals surface area (Å²) in [5.74, 6) is 0.895. The first-order valence-electron chi connectivity index (χ1n) is 5.96. The first-order valence-corrected chi connectivity index (χ1v) is 5.96. The van der Waals surface area contributed by atoms with Crippen molar-refractivity contribution >= 4 is 5.91 Å². The highest BCUT2D eigenvalue weighted by Crippen LogP contribution is 2.39. The lowest BCUT2D eigenvalue weighted by Gasteiger charge is -2.29. The third-order valence-corrected chi connectivity index (χ3v) is 3.60. The molecule has 1 unspecified atom stereocenters. The van der Waals surface area contributed by atoms with Crippen LogP contribution in [-0.4, -0.2) is 17.5 Å². The Morgan fingerprint density at radius 3 is 2.47 bits per heavy atom. The second-order valence-corrected chi connectivity index (χ2v) is 5.40. The van der Waals surface area contributed by atoms with Gasteiger partial charge in [-0.1, -0.05) is 20.3 Å². The van der Waals surface area contributed by atoms with E-state index in [1.54, 1.807) is 0 Å². The molecule has 0 bridgehead atoms. The van der Waals surface area contributed by atoms with E-state index in [4.69, 9.17) is 5.73 Å². The maximum Gasteiger partial charge on any atom is 0.237 e. The molecule has 15 heavy (non-hydrogen) atoms. The Kier molecular flexibility index (Phi) is 3.77. The molecule has 3 nitrogen and oxygen atoms in total. The molecule has 0 aliphatic heterocycles. The first kappa shape index (κ1) is 12.5. The van der Waals surface area contributed by atoms with E-state index >= 15 is 0 Å². The van der Waals surface area contributed by atoms with E-state index in [2.05, 4.69) is 26.1 Å². The van der Waals surface area contributed by atoms with E-state index in [0.29, 0.717) is 5.92 Å². The Labute approximate surface area is 92.8 Å². The molecule has 3 N–H and O–H groups in total. The van der Waals surface area contributed by atoms with E-state index in [1.165, 1.54) is 12.8 Å². The quantitative estimate of drug-likeness (QED) is 0.728. The van der Waals surface area contributed by atoms with Crippen molar-refractivity contribution in [1.29, 1.82) is 0 Å². The Bertz CT molecular complexity index is 234. The first-order chi connectivity index (χ1) is 6.88. The Balaban J connectivity index is 2.47. The third-order valence-electron chi connectivity index (χ3n) is 3.60. The van der Waals surface area contributed by atoms with Gasteiger partial charge >= 0.3 is 0 Å². The van der Waals surface area contributed by atoms with Crippen LogP contribution in [0.2, 0.25) is 0 Å². The molecule has 1 amide bonds. The van der Waals surface area contributed by atoms with E-state index in [0.717, 1.165) is 6.42 Å². The maximum atomic E-state index is 11.9. The SMILES string of the molecule is CCC(C)[C@H](N)C(=O)NC(C)(C)C1CC1. The molecule has 2 atom stereocenters. The van der Waals surface area contributed by atoms with E-state index in [9.17, 15) is 4.79 Å². The second kappa shape index (κ2) is 4.52. The van der Waals surface area contributed by atoms with E-state index < -0.39 is 0 Å². The largest absolute Gasteiger partial charge is 0.350 e. The van der Waals surface area contributed by atoms with Gasteiger partial charge in [-0.25, -0.2) is 0 Å². The van der Waals surface area contributed by atoms with Crippen LogP contribution in [0.4, 0.5) is 0 Å². The molecule has 88 valence electrons. The monoisotopic (exact) mass is 212 g/mol. The van der Waals surface area contributed by atoms with Crippen molar-refractivity contribution in [3.05, 3.63) is 0 Å². The molecule has 0 aromatic heterocycles. The molecule has 3 heteroatoms. The number of hydrogen-bond donors (Lipinski definition) is 2. The highest BCUT2D eigenvalue weighted by atomic mass is 16.2. The number of amides is 1. The normalized spacial score (nSPS) is 20.9. The second-order valence-electron chi connectivity index (χ2n) is 5.40. The summed E-state index contributed by atoms with van der Waals surface area (Å²) in [5, 5.41) is 3.07. The maximum absolute atomic E-state index is 11.9. The predicted octanol–water partition coefficient (Wildman–Crippen LogP) is 1.66. The topological polar surface area (TPSA) is 55.1 Å². The third kappa shape index (κ3) is 3.20. The van der Waals surface area contributed by atoms with Gasteiger partial charge in [0.05, 0.1) is 6.04 Å². The Morgan fingerprint density at radius 2 is 2.07 bits per heavy atom. The minimum absolute atomic E-state index is 0.00116. The van der Waals surface area contributed by atoms with Crippen LogP contribution in [-0.2, 0) is 4.79 Å². The van der Waals surface area contributed by atoms with Crippen molar-refractivity contribution < 1.29 is 4.79 Å². The Morgan fingerprint density at radius 1 is 1.53 bits per heavy atom. The number of hydrogen-bond acceptors (Lipinski definition) is 2. The van der Waals surface area contributed by atoms with Gasteiger partial charge in [0.1, 0.15) is 0 Å². The lowest BCUT2D eigenvalue weighted by molar-refractivity contribution is -0.125. The number of carbonyl (C=O) groups excluding carboxylic acids is 1. The van der Waals surface area contributed by atoms with Gasteiger partial charge in [0.2, 0.25) is 5.91 Å². The molecule has 0 radical (unpaired) electrons. The molecule has 1 fully saturated rings. The molecule has 0 aromatic carbocycles. The van der Waals surface area contributed by atoms with Gasteiger partial charge in [0.25, 0.3) is 0 Å². The van der Waals surface area contributed by atoms with Crippen LogP contribution in [0.15, 0.2) is 0 Å². The smallest absolute Gasteiger partial charge is 0.237 e. The standard InChI is InChI=1S/C12H24N2O/c1-5-8(2)10(13)11(15)14-12(3,4)9-6-7-9/h8-10H,5-7,13H2,1-4H3,(H,14,15)/t8?,10-/m0/s1. The van der Waals surface area contributed by atoms with Crippen molar-refractivity contribution in [2.45, 2.75) is 58.5 Å². The highest BCUT2D eigenvalue weighted by molar-refractivity contribution is 5.82. The van der Waals surface area contributed by atoms with Crippen molar-refractivity contribution in [1.82, 2.24) is 5.32 Å². The summed E-state index contributed by atoms with van der Waals surface area (Å²) in [6.45, 7) is 8.26. The van der Waals surface area contributed by atoms with Gasteiger partial charge in [0.15, 0.2) is 0 Å². The van der Waals surface area contributed by atoms with Crippen LogP contribution in [0.1, 0.15) is 47.0 Å². The molecule has 1 aliphatic rings. The molecule has 0 heterocycles. The summed E-state index contributed by atoms with van der Waals surface area (Å²) in [5.41, 5.74) is 5.81. The van der Waals surface area contributed by atoms with E-state index in [-0.39, 0.29) is 23.4 Å². The average Bonchev–Trinajstić information content (AvgIpc) is 2.97. The van der Waals surface area contributed by atoms with Crippen LogP contribution < -0.4 is 11.1 Å². The number of rotatable bonds is 5. The molecular weight excluding hydrogens is 188 g/mol. The van der Waals surface area contributed by atoms with Gasteiger partial charge in [-0.2, -0.15) is 0 Å². The molecular formula is C12H24N2O. The minimum atomic E-state index is -0.368.